The molecule has 1 radical (unpaired) electrons. The Balaban J connectivity index is 1.60. The third-order valence-electron chi connectivity index (χ3n) is 4.52. The van der Waals surface area contributed by atoms with E-state index >= 15 is 0 Å². The number of hydrogen-bond acceptors (Lipinski definition) is 5. The van der Waals surface area contributed by atoms with Crippen LogP contribution in [0.4, 0.5) is 11.5 Å². The van der Waals surface area contributed by atoms with Crippen molar-refractivity contribution in [3.05, 3.63) is 90.9 Å². The van der Waals surface area contributed by atoms with Crippen molar-refractivity contribution in [1.82, 2.24) is 15.0 Å². The van der Waals surface area contributed by atoms with Gasteiger partial charge in [0.05, 0.1) is 11.7 Å². The third-order valence-corrected chi connectivity index (χ3v) is 4.52. The van der Waals surface area contributed by atoms with Crippen LogP contribution in [0.25, 0.3) is 17.0 Å². The summed E-state index contributed by atoms with van der Waals surface area (Å²) in [5, 5.41) is 4.35. The number of aromatic nitrogens is 3. The number of ether oxygens (including phenoxy) is 1. The lowest BCUT2D eigenvalue weighted by Gasteiger charge is -2.12. The highest BCUT2D eigenvalue weighted by Crippen LogP contribution is 2.30. The van der Waals surface area contributed by atoms with Gasteiger partial charge in [-0.1, -0.05) is 18.2 Å². The van der Waals surface area contributed by atoms with E-state index in [1.807, 2.05) is 68.5 Å². The van der Waals surface area contributed by atoms with E-state index < -0.39 is 0 Å². The fourth-order valence-electron chi connectivity index (χ4n) is 3.03. The van der Waals surface area contributed by atoms with Gasteiger partial charge in [-0.3, -0.25) is 4.98 Å². The Morgan fingerprint density at radius 3 is 2.62 bits per heavy atom. The molecule has 0 aliphatic carbocycles. The molecule has 5 nitrogen and oxygen atoms in total. The summed E-state index contributed by atoms with van der Waals surface area (Å²) in [5.74, 6) is 2.26. The van der Waals surface area contributed by atoms with Crippen molar-refractivity contribution >= 4 is 28.5 Å². The first-order valence-corrected chi connectivity index (χ1v) is 9.31. The number of allylic oxidation sites excluding steroid dienone is 1. The second-order valence-corrected chi connectivity index (χ2v) is 6.74. The number of pyridine rings is 1. The van der Waals surface area contributed by atoms with Crippen LogP contribution in [0.5, 0.6) is 11.5 Å². The molecule has 0 unspecified atom stereocenters. The average molecular weight is 381 g/mol. The predicted molar refractivity (Wildman–Crippen MR) is 117 cm³/mol. The number of nitrogens with one attached hydrogen (secondary N) is 1. The second kappa shape index (κ2) is 8.10. The van der Waals surface area contributed by atoms with Crippen LogP contribution in [0.1, 0.15) is 16.8 Å². The monoisotopic (exact) mass is 381 g/mol. The zero-order chi connectivity index (χ0) is 20.2. The van der Waals surface area contributed by atoms with Gasteiger partial charge in [0.1, 0.15) is 23.6 Å². The molecule has 29 heavy (non-hydrogen) atoms. The molecule has 0 amide bonds. The van der Waals surface area contributed by atoms with Gasteiger partial charge in [0.25, 0.3) is 0 Å². The Bertz CT molecular complexity index is 1180. The Labute approximate surface area is 170 Å². The van der Waals surface area contributed by atoms with Gasteiger partial charge in [0, 0.05) is 16.8 Å². The first-order chi connectivity index (χ1) is 14.1. The minimum Gasteiger partial charge on any atom is -0.455 e. The summed E-state index contributed by atoms with van der Waals surface area (Å²) in [6.07, 6.45) is 7.01. The van der Waals surface area contributed by atoms with Crippen LogP contribution in [0.3, 0.4) is 0 Å². The Kier molecular flexibility index (Phi) is 5.20. The Hall–Kier alpha value is -3.73. The minimum atomic E-state index is 0.715. The topological polar surface area (TPSA) is 59.9 Å². The van der Waals surface area contributed by atoms with E-state index in [2.05, 4.69) is 27.2 Å². The molecule has 0 aliphatic heterocycles. The lowest BCUT2D eigenvalue weighted by molar-refractivity contribution is 0.476. The zero-order valence-corrected chi connectivity index (χ0v) is 16.4. The maximum absolute atomic E-state index is 5.95. The highest BCUT2D eigenvalue weighted by atomic mass is 16.5. The molecule has 4 aromatic rings. The maximum Gasteiger partial charge on any atom is 0.145 e. The maximum atomic E-state index is 5.95. The number of nitrogens with zero attached hydrogens (tertiary/aromatic N) is 3. The molecule has 0 spiro atoms. The summed E-state index contributed by atoms with van der Waals surface area (Å²) in [6, 6.07) is 15.8. The highest BCUT2D eigenvalue weighted by molar-refractivity contribution is 5.92. The van der Waals surface area contributed by atoms with Crippen LogP contribution in [0.2, 0.25) is 0 Å². The number of benzene rings is 2. The molecule has 143 valence electrons. The number of fused-ring (bicyclic) bond motifs is 1. The van der Waals surface area contributed by atoms with Crippen molar-refractivity contribution in [2.24, 2.45) is 0 Å². The van der Waals surface area contributed by atoms with Crippen LogP contribution in [-0.2, 0) is 0 Å². The van der Waals surface area contributed by atoms with E-state index in [4.69, 9.17) is 4.74 Å². The molecule has 5 heteroatoms. The van der Waals surface area contributed by atoms with Crippen LogP contribution in [-0.4, -0.2) is 15.0 Å². The standard InChI is InChI=1S/C24H21N4O/c1-4-5-18-7-10-22-21(13-18)24(27-15-26-22)28-19-8-11-23(16(2)12-19)29-20-9-6-17(3)25-14-20/h4-15H,1H2,2-3H3,(H,26,27,28). The van der Waals surface area contributed by atoms with Gasteiger partial charge in [0.15, 0.2) is 0 Å². The normalized spacial score (nSPS) is 11.1. The molecule has 0 saturated carbocycles. The molecule has 0 bridgehead atoms. The number of hydrogen-bond donors (Lipinski definition) is 1. The summed E-state index contributed by atoms with van der Waals surface area (Å²) < 4.78 is 5.95. The summed E-state index contributed by atoms with van der Waals surface area (Å²) >= 11 is 0. The van der Waals surface area contributed by atoms with Crippen molar-refractivity contribution in [2.75, 3.05) is 5.32 Å². The molecular weight excluding hydrogens is 360 g/mol. The average Bonchev–Trinajstić information content (AvgIpc) is 2.72. The first kappa shape index (κ1) is 18.6. The number of rotatable bonds is 5. The van der Waals surface area contributed by atoms with Crippen molar-refractivity contribution in [3.63, 3.8) is 0 Å². The zero-order valence-electron chi connectivity index (χ0n) is 16.4. The molecule has 4 rings (SSSR count). The summed E-state index contributed by atoms with van der Waals surface area (Å²) in [5.41, 5.74) is 4.83. The third kappa shape index (κ3) is 4.24. The lowest BCUT2D eigenvalue weighted by atomic mass is 10.1. The quantitative estimate of drug-likeness (QED) is 0.458. The van der Waals surface area contributed by atoms with Crippen LogP contribution in [0.15, 0.2) is 67.1 Å². The van der Waals surface area contributed by atoms with E-state index in [0.717, 1.165) is 45.0 Å². The van der Waals surface area contributed by atoms with E-state index in [0.29, 0.717) is 5.75 Å². The largest absolute Gasteiger partial charge is 0.455 e. The van der Waals surface area contributed by atoms with Crippen molar-refractivity contribution < 1.29 is 4.74 Å². The molecular formula is C24H21N4O. The van der Waals surface area contributed by atoms with E-state index in [-0.39, 0.29) is 0 Å². The molecule has 0 atom stereocenters. The molecule has 0 aliphatic rings. The summed E-state index contributed by atoms with van der Waals surface area (Å²) in [6.45, 7) is 7.72. The molecule has 2 aromatic carbocycles. The van der Waals surface area contributed by atoms with Crippen LogP contribution >= 0.6 is 0 Å². The summed E-state index contributed by atoms with van der Waals surface area (Å²) in [7, 11) is 0. The van der Waals surface area contributed by atoms with Crippen LogP contribution < -0.4 is 10.1 Å². The number of aryl methyl sites for hydroxylation is 2. The number of anilines is 2. The first-order valence-electron chi connectivity index (χ1n) is 9.31. The van der Waals surface area contributed by atoms with Crippen molar-refractivity contribution in [3.8, 4) is 11.5 Å². The van der Waals surface area contributed by atoms with E-state index in [1.165, 1.54) is 0 Å². The van der Waals surface area contributed by atoms with E-state index in [9.17, 15) is 0 Å². The van der Waals surface area contributed by atoms with Gasteiger partial charge in [-0.15, -0.1) is 0 Å². The highest BCUT2D eigenvalue weighted by Gasteiger charge is 2.07. The Morgan fingerprint density at radius 1 is 0.966 bits per heavy atom. The summed E-state index contributed by atoms with van der Waals surface area (Å²) in [4.78, 5) is 13.0. The van der Waals surface area contributed by atoms with Gasteiger partial charge >= 0.3 is 0 Å². The van der Waals surface area contributed by atoms with Gasteiger partial charge in [-0.05, 0) is 74.4 Å². The minimum absolute atomic E-state index is 0.715. The van der Waals surface area contributed by atoms with Gasteiger partial charge in [0.2, 0.25) is 0 Å². The second-order valence-electron chi connectivity index (χ2n) is 6.74. The molecule has 1 N–H and O–H groups in total. The van der Waals surface area contributed by atoms with Crippen molar-refractivity contribution in [2.45, 2.75) is 13.8 Å². The molecule has 0 saturated heterocycles. The lowest BCUT2D eigenvalue weighted by Crippen LogP contribution is -1.97. The van der Waals surface area contributed by atoms with E-state index in [1.54, 1.807) is 18.6 Å². The van der Waals surface area contributed by atoms with Crippen LogP contribution in [0, 0.1) is 20.8 Å². The molecule has 2 heterocycles. The van der Waals surface area contributed by atoms with Gasteiger partial charge < -0.3 is 10.1 Å². The molecule has 0 fully saturated rings. The van der Waals surface area contributed by atoms with Gasteiger partial charge in [-0.25, -0.2) is 9.97 Å². The fourth-order valence-corrected chi connectivity index (χ4v) is 3.03. The Morgan fingerprint density at radius 2 is 1.86 bits per heavy atom. The smallest absolute Gasteiger partial charge is 0.145 e. The van der Waals surface area contributed by atoms with Crippen molar-refractivity contribution in [1.29, 1.82) is 0 Å². The predicted octanol–water partition coefficient (Wildman–Crippen LogP) is 6.02. The fraction of sp³-hybridized carbons (Fsp3) is 0.0833. The van der Waals surface area contributed by atoms with Gasteiger partial charge in [-0.2, -0.15) is 0 Å². The molecule has 2 aromatic heterocycles. The SMILES string of the molecule is [CH2]C=Cc1ccc2ncnc(Nc3ccc(Oc4ccc(C)nc4)c(C)c3)c2c1.